The molecule has 5 rings (SSSR count). The Morgan fingerprint density at radius 3 is 2.55 bits per heavy atom. The first-order valence-electron chi connectivity index (χ1n) is 11.1. The lowest BCUT2D eigenvalue weighted by Crippen LogP contribution is -2.55. The lowest BCUT2D eigenvalue weighted by Gasteiger charge is -2.43. The third-order valence-electron chi connectivity index (χ3n) is 6.54. The number of carbonyl (C=O) groups is 1. The molecule has 7 heteroatoms. The van der Waals surface area contributed by atoms with Crippen LogP contribution in [0, 0.1) is 5.82 Å². The molecule has 3 aliphatic heterocycles. The second kappa shape index (κ2) is 8.85. The van der Waals surface area contributed by atoms with Gasteiger partial charge in [0.15, 0.2) is 11.5 Å². The number of piperazine rings is 1. The molecule has 0 radical (unpaired) electrons. The number of hydrogen-bond donors (Lipinski definition) is 0. The number of amides is 1. The smallest absolute Gasteiger partial charge is 0.253 e. The first-order chi connectivity index (χ1) is 15.2. The maximum Gasteiger partial charge on any atom is 0.253 e. The van der Waals surface area contributed by atoms with Gasteiger partial charge in [-0.1, -0.05) is 6.07 Å². The molecule has 0 aromatic heterocycles. The zero-order valence-corrected chi connectivity index (χ0v) is 17.6. The highest BCUT2D eigenvalue weighted by molar-refractivity contribution is 5.94. The van der Waals surface area contributed by atoms with E-state index in [1.54, 1.807) is 12.1 Å². The van der Waals surface area contributed by atoms with Crippen LogP contribution in [-0.2, 0) is 6.54 Å². The van der Waals surface area contributed by atoms with Gasteiger partial charge in [0, 0.05) is 57.4 Å². The van der Waals surface area contributed by atoms with E-state index in [1.807, 2.05) is 11.0 Å². The van der Waals surface area contributed by atoms with Crippen molar-refractivity contribution in [2.75, 3.05) is 46.1 Å². The maximum atomic E-state index is 13.2. The zero-order chi connectivity index (χ0) is 21.2. The van der Waals surface area contributed by atoms with Crippen LogP contribution in [0.3, 0.4) is 0 Å². The molecule has 164 valence electrons. The number of rotatable bonds is 4. The van der Waals surface area contributed by atoms with E-state index in [4.69, 9.17) is 9.47 Å². The third-order valence-corrected chi connectivity index (χ3v) is 6.54. The fourth-order valence-electron chi connectivity index (χ4n) is 4.80. The molecule has 0 bridgehead atoms. The Morgan fingerprint density at radius 1 is 0.968 bits per heavy atom. The van der Waals surface area contributed by atoms with Gasteiger partial charge in [-0.05, 0) is 54.8 Å². The predicted octanol–water partition coefficient (Wildman–Crippen LogP) is 2.98. The molecule has 0 saturated carbocycles. The van der Waals surface area contributed by atoms with Gasteiger partial charge in [-0.2, -0.15) is 0 Å². The van der Waals surface area contributed by atoms with Gasteiger partial charge in [0.2, 0.25) is 6.79 Å². The van der Waals surface area contributed by atoms with Crippen molar-refractivity contribution in [3.8, 4) is 11.5 Å². The van der Waals surface area contributed by atoms with Gasteiger partial charge in [-0.25, -0.2) is 4.39 Å². The average Bonchev–Trinajstić information content (AvgIpc) is 3.28. The standard InChI is InChI=1S/C24H28FN3O3/c25-20-6-4-19(5-7-20)24(29)28-9-1-2-21(16-28)27-12-10-26(11-13-27)15-18-3-8-22-23(14-18)31-17-30-22/h3-8,14,21H,1-2,9-13,15-17H2/t21-/m1/s1. The van der Waals surface area contributed by atoms with Crippen LogP contribution in [0.2, 0.25) is 0 Å². The molecule has 2 aromatic rings. The van der Waals surface area contributed by atoms with Crippen LogP contribution in [0.4, 0.5) is 4.39 Å². The summed E-state index contributed by atoms with van der Waals surface area (Å²) in [6, 6.07) is 12.4. The van der Waals surface area contributed by atoms with Gasteiger partial charge < -0.3 is 14.4 Å². The van der Waals surface area contributed by atoms with Crippen LogP contribution in [-0.4, -0.2) is 72.7 Å². The van der Waals surface area contributed by atoms with Gasteiger partial charge in [0.05, 0.1) is 0 Å². The second-order valence-corrected chi connectivity index (χ2v) is 8.55. The number of carbonyl (C=O) groups excluding carboxylic acids is 1. The normalized spacial score (nSPS) is 22.0. The molecule has 3 heterocycles. The van der Waals surface area contributed by atoms with E-state index < -0.39 is 0 Å². The van der Waals surface area contributed by atoms with Gasteiger partial charge in [-0.15, -0.1) is 0 Å². The number of piperidine rings is 1. The van der Waals surface area contributed by atoms with Crippen LogP contribution in [0.25, 0.3) is 0 Å². The number of ether oxygens (including phenoxy) is 2. The van der Waals surface area contributed by atoms with Crippen LogP contribution >= 0.6 is 0 Å². The van der Waals surface area contributed by atoms with Crippen molar-refractivity contribution in [3.05, 3.63) is 59.4 Å². The summed E-state index contributed by atoms with van der Waals surface area (Å²) in [4.78, 5) is 19.8. The molecular formula is C24H28FN3O3. The van der Waals surface area contributed by atoms with E-state index in [2.05, 4.69) is 21.9 Å². The van der Waals surface area contributed by atoms with Gasteiger partial charge in [0.1, 0.15) is 5.82 Å². The highest BCUT2D eigenvalue weighted by Crippen LogP contribution is 2.33. The highest BCUT2D eigenvalue weighted by Gasteiger charge is 2.30. The summed E-state index contributed by atoms with van der Waals surface area (Å²) >= 11 is 0. The Morgan fingerprint density at radius 2 is 1.74 bits per heavy atom. The van der Waals surface area contributed by atoms with E-state index in [9.17, 15) is 9.18 Å². The van der Waals surface area contributed by atoms with Gasteiger partial charge in [0.25, 0.3) is 5.91 Å². The van der Waals surface area contributed by atoms with Crippen molar-refractivity contribution >= 4 is 5.91 Å². The van der Waals surface area contributed by atoms with E-state index in [1.165, 1.54) is 17.7 Å². The van der Waals surface area contributed by atoms with Crippen LogP contribution in [0.5, 0.6) is 11.5 Å². The minimum absolute atomic E-state index is 0.00569. The highest BCUT2D eigenvalue weighted by atomic mass is 19.1. The van der Waals surface area contributed by atoms with Crippen molar-refractivity contribution in [3.63, 3.8) is 0 Å². The summed E-state index contributed by atoms with van der Waals surface area (Å²) < 4.78 is 24.1. The van der Waals surface area contributed by atoms with E-state index in [0.29, 0.717) is 18.4 Å². The Balaban J connectivity index is 1.14. The quantitative estimate of drug-likeness (QED) is 0.754. The number of halogens is 1. The van der Waals surface area contributed by atoms with Crippen LogP contribution in [0.1, 0.15) is 28.8 Å². The lowest BCUT2D eigenvalue weighted by atomic mass is 10.0. The fraction of sp³-hybridized carbons (Fsp3) is 0.458. The van der Waals surface area contributed by atoms with Gasteiger partial charge in [-0.3, -0.25) is 14.6 Å². The molecule has 1 atom stereocenters. The molecular weight excluding hydrogens is 397 g/mol. The molecule has 2 saturated heterocycles. The predicted molar refractivity (Wildman–Crippen MR) is 115 cm³/mol. The Labute approximate surface area is 182 Å². The molecule has 0 spiro atoms. The van der Waals surface area contributed by atoms with E-state index >= 15 is 0 Å². The van der Waals surface area contributed by atoms with E-state index in [-0.39, 0.29) is 11.7 Å². The van der Waals surface area contributed by atoms with E-state index in [0.717, 1.165) is 70.2 Å². The first kappa shape index (κ1) is 20.3. The minimum Gasteiger partial charge on any atom is -0.454 e. The zero-order valence-electron chi connectivity index (χ0n) is 17.6. The molecule has 0 N–H and O–H groups in total. The van der Waals surface area contributed by atoms with Crippen molar-refractivity contribution in [1.82, 2.24) is 14.7 Å². The fourth-order valence-corrected chi connectivity index (χ4v) is 4.80. The molecule has 3 aliphatic rings. The molecule has 31 heavy (non-hydrogen) atoms. The van der Waals surface area contributed by atoms with Crippen molar-refractivity contribution < 1.29 is 18.7 Å². The minimum atomic E-state index is -0.313. The van der Waals surface area contributed by atoms with Crippen LogP contribution in [0.15, 0.2) is 42.5 Å². The Hall–Kier alpha value is -2.64. The Kier molecular flexibility index (Phi) is 5.78. The molecule has 2 aromatic carbocycles. The summed E-state index contributed by atoms with van der Waals surface area (Å²) in [5.41, 5.74) is 1.81. The molecule has 1 amide bonds. The number of likely N-dealkylation sites (tertiary alicyclic amines) is 1. The number of fused-ring (bicyclic) bond motifs is 1. The average molecular weight is 426 g/mol. The molecule has 2 fully saturated rings. The van der Waals surface area contributed by atoms with Crippen molar-refractivity contribution in [1.29, 1.82) is 0 Å². The third kappa shape index (κ3) is 4.52. The summed E-state index contributed by atoms with van der Waals surface area (Å²) in [7, 11) is 0. The lowest BCUT2D eigenvalue weighted by molar-refractivity contribution is 0.0407. The summed E-state index contributed by atoms with van der Waals surface area (Å²) in [5.74, 6) is 1.35. The maximum absolute atomic E-state index is 13.2. The molecule has 6 nitrogen and oxygen atoms in total. The molecule has 0 unspecified atom stereocenters. The Bertz CT molecular complexity index is 928. The molecule has 0 aliphatic carbocycles. The summed E-state index contributed by atoms with van der Waals surface area (Å²) in [5, 5.41) is 0. The van der Waals surface area contributed by atoms with Gasteiger partial charge >= 0.3 is 0 Å². The van der Waals surface area contributed by atoms with Crippen molar-refractivity contribution in [2.45, 2.75) is 25.4 Å². The second-order valence-electron chi connectivity index (χ2n) is 8.55. The van der Waals surface area contributed by atoms with Crippen LogP contribution < -0.4 is 9.47 Å². The SMILES string of the molecule is O=C(c1ccc(F)cc1)N1CCC[C@@H](N2CCN(Cc3ccc4c(c3)OCO4)CC2)C1. The summed E-state index contributed by atoms with van der Waals surface area (Å²) in [6.45, 7) is 6.77. The number of nitrogens with zero attached hydrogens (tertiary/aromatic N) is 3. The monoisotopic (exact) mass is 425 g/mol. The topological polar surface area (TPSA) is 45.3 Å². The number of hydrogen-bond acceptors (Lipinski definition) is 5. The largest absolute Gasteiger partial charge is 0.454 e. The van der Waals surface area contributed by atoms with Crippen molar-refractivity contribution in [2.24, 2.45) is 0 Å². The summed E-state index contributed by atoms with van der Waals surface area (Å²) in [6.07, 6.45) is 2.13. The number of benzene rings is 2. The first-order valence-corrected chi connectivity index (χ1v) is 11.1.